The van der Waals surface area contributed by atoms with Crippen LogP contribution in [0.4, 0.5) is 0 Å². The van der Waals surface area contributed by atoms with Crippen LogP contribution in [0.3, 0.4) is 0 Å². The second kappa shape index (κ2) is 9.46. The highest BCUT2D eigenvalue weighted by Gasteiger charge is 2.33. The molecule has 2 heterocycles. The molecule has 5 nitrogen and oxygen atoms in total. The van der Waals surface area contributed by atoms with Crippen LogP contribution in [0.2, 0.25) is 0 Å². The summed E-state index contributed by atoms with van der Waals surface area (Å²) in [5, 5.41) is 8.45. The van der Waals surface area contributed by atoms with Crippen LogP contribution in [0.5, 0.6) is 0 Å². The fourth-order valence-electron chi connectivity index (χ4n) is 3.68. The minimum Gasteiger partial charge on any atom is -0.351 e. The van der Waals surface area contributed by atoms with Crippen molar-refractivity contribution in [1.82, 2.24) is 20.4 Å². The maximum absolute atomic E-state index is 5.77. The molecule has 8 heteroatoms. The molecule has 1 atom stereocenters. The number of thiocarbonyl (C=S) groups is 1. The second-order valence-corrected chi connectivity index (χ2v) is 9.20. The zero-order valence-electron chi connectivity index (χ0n) is 17.9. The van der Waals surface area contributed by atoms with Crippen molar-refractivity contribution in [3.05, 3.63) is 65.7 Å². The van der Waals surface area contributed by atoms with Crippen molar-refractivity contribution in [2.75, 3.05) is 19.1 Å². The van der Waals surface area contributed by atoms with Gasteiger partial charge in [0.1, 0.15) is 0 Å². The molecule has 0 saturated carbocycles. The van der Waals surface area contributed by atoms with Crippen LogP contribution in [0, 0.1) is 0 Å². The maximum Gasteiger partial charge on any atom is 0.258 e. The monoisotopic (exact) mass is 468 g/mol. The van der Waals surface area contributed by atoms with Crippen LogP contribution < -0.4 is 5.32 Å². The lowest BCUT2D eigenvalue weighted by Crippen LogP contribution is -2.45. The van der Waals surface area contributed by atoms with Crippen LogP contribution >= 0.6 is 35.7 Å². The summed E-state index contributed by atoms with van der Waals surface area (Å²) in [6, 6.07) is 16.5. The Kier molecular flexibility index (Phi) is 6.69. The molecule has 0 saturated heterocycles. The van der Waals surface area contributed by atoms with Crippen molar-refractivity contribution in [1.29, 1.82) is 0 Å². The highest BCUT2D eigenvalue weighted by atomic mass is 32.2. The number of nitrogens with one attached hydrogen (secondary N) is 1. The lowest BCUT2D eigenvalue weighted by Gasteiger charge is -2.36. The van der Waals surface area contributed by atoms with Gasteiger partial charge in [-0.25, -0.2) is 0 Å². The Morgan fingerprint density at radius 2 is 1.65 bits per heavy atom. The highest BCUT2D eigenvalue weighted by molar-refractivity contribution is 7.98. The topological polar surface area (TPSA) is 54.2 Å². The molecule has 1 aliphatic heterocycles. The van der Waals surface area contributed by atoms with Gasteiger partial charge in [-0.1, -0.05) is 17.3 Å². The number of hydrogen-bond donors (Lipinski definition) is 1. The lowest BCUT2D eigenvalue weighted by molar-refractivity contribution is 0.398. The number of nitrogens with zero attached hydrogens (tertiary/aromatic N) is 3. The Balaban J connectivity index is 1.76. The van der Waals surface area contributed by atoms with Crippen molar-refractivity contribution in [3.63, 3.8) is 0 Å². The van der Waals surface area contributed by atoms with Crippen LogP contribution in [-0.4, -0.2) is 39.2 Å². The van der Waals surface area contributed by atoms with Gasteiger partial charge in [0.25, 0.3) is 5.89 Å². The Bertz CT molecular complexity index is 1110. The number of allylic oxidation sites excluding steroid dienone is 1. The first-order valence-corrected chi connectivity index (χ1v) is 12.8. The van der Waals surface area contributed by atoms with Gasteiger partial charge in [0.05, 0.1) is 11.6 Å². The van der Waals surface area contributed by atoms with Gasteiger partial charge in [-0.15, -0.1) is 23.5 Å². The minimum atomic E-state index is -0.154. The summed E-state index contributed by atoms with van der Waals surface area (Å²) in [7, 11) is 0. The number of benzene rings is 2. The molecule has 1 aliphatic rings. The average Bonchev–Trinajstić information content (AvgIpc) is 3.29. The van der Waals surface area contributed by atoms with Crippen molar-refractivity contribution in [3.8, 4) is 11.4 Å². The van der Waals surface area contributed by atoms with E-state index in [0.29, 0.717) is 16.8 Å². The zero-order chi connectivity index (χ0) is 22.0. The fraction of sp³-hybridized carbons (Fsp3) is 0.261. The first kappa shape index (κ1) is 21.9. The summed E-state index contributed by atoms with van der Waals surface area (Å²) in [6.45, 7) is 4.90. The fourth-order valence-corrected chi connectivity index (χ4v) is 4.88. The van der Waals surface area contributed by atoms with Gasteiger partial charge in [-0.2, -0.15) is 4.98 Å². The molecule has 3 aromatic rings. The van der Waals surface area contributed by atoms with Gasteiger partial charge in [0, 0.05) is 27.6 Å². The second-order valence-electron chi connectivity index (χ2n) is 7.05. The number of hydrogen-bond acceptors (Lipinski definition) is 6. The molecule has 1 aromatic heterocycles. The number of thioether (sulfide) groups is 2. The third kappa shape index (κ3) is 4.37. The Labute approximate surface area is 196 Å². The van der Waals surface area contributed by atoms with E-state index in [2.05, 4.69) is 78.1 Å². The standard InChI is InChI=1S/C23H24N4OS3/c1-5-27-14(2)19(20(24-23(27)29)15-6-10-17(30-3)11-7-15)22-25-21(26-28-22)16-8-12-18(31-4)13-9-16/h6-13,20H,5H2,1-4H3,(H,24,29). The van der Waals surface area contributed by atoms with E-state index in [-0.39, 0.29) is 6.04 Å². The molecule has 1 unspecified atom stereocenters. The van der Waals surface area contributed by atoms with Gasteiger partial charge in [-0.3, -0.25) is 0 Å². The molecule has 160 valence electrons. The number of rotatable bonds is 6. The van der Waals surface area contributed by atoms with Crippen LogP contribution in [0.1, 0.15) is 31.3 Å². The predicted octanol–water partition coefficient (Wildman–Crippen LogP) is 5.86. The lowest BCUT2D eigenvalue weighted by atomic mass is 9.95. The van der Waals surface area contributed by atoms with Crippen molar-refractivity contribution < 1.29 is 4.52 Å². The van der Waals surface area contributed by atoms with Crippen LogP contribution in [-0.2, 0) is 0 Å². The molecule has 0 fully saturated rings. The summed E-state index contributed by atoms with van der Waals surface area (Å²) in [6.07, 6.45) is 4.13. The van der Waals surface area contributed by atoms with Gasteiger partial charge >= 0.3 is 0 Å². The van der Waals surface area contributed by atoms with Crippen LogP contribution in [0.25, 0.3) is 17.0 Å². The van der Waals surface area contributed by atoms with E-state index in [1.165, 1.54) is 9.79 Å². The third-order valence-electron chi connectivity index (χ3n) is 5.37. The van der Waals surface area contributed by atoms with E-state index < -0.39 is 0 Å². The minimum absolute atomic E-state index is 0.154. The average molecular weight is 469 g/mol. The predicted molar refractivity (Wildman–Crippen MR) is 133 cm³/mol. The Morgan fingerprint density at radius 3 is 2.23 bits per heavy atom. The first-order chi connectivity index (χ1) is 15.0. The number of aromatic nitrogens is 2. The van der Waals surface area contributed by atoms with Gasteiger partial charge in [0.15, 0.2) is 5.11 Å². The first-order valence-electron chi connectivity index (χ1n) is 9.97. The summed E-state index contributed by atoms with van der Waals surface area (Å²) < 4.78 is 5.77. The van der Waals surface area contributed by atoms with Gasteiger partial charge < -0.3 is 14.7 Å². The van der Waals surface area contributed by atoms with E-state index in [4.69, 9.17) is 21.7 Å². The van der Waals surface area contributed by atoms with Crippen LogP contribution in [0.15, 0.2) is 68.5 Å². The summed E-state index contributed by atoms with van der Waals surface area (Å²) in [5.41, 5.74) is 4.01. The smallest absolute Gasteiger partial charge is 0.258 e. The molecule has 0 amide bonds. The van der Waals surface area contributed by atoms with Crippen molar-refractivity contribution >= 4 is 46.4 Å². The quantitative estimate of drug-likeness (QED) is 0.356. The van der Waals surface area contributed by atoms with Gasteiger partial charge in [0.2, 0.25) is 5.82 Å². The molecule has 0 aliphatic carbocycles. The van der Waals surface area contributed by atoms with E-state index in [0.717, 1.165) is 28.9 Å². The summed E-state index contributed by atoms with van der Waals surface area (Å²) in [5.74, 6) is 1.09. The Morgan fingerprint density at radius 1 is 1.03 bits per heavy atom. The largest absolute Gasteiger partial charge is 0.351 e. The third-order valence-corrected chi connectivity index (χ3v) is 7.19. The Hall–Kier alpha value is -2.29. The van der Waals surface area contributed by atoms with Crippen molar-refractivity contribution in [2.24, 2.45) is 0 Å². The summed E-state index contributed by atoms with van der Waals surface area (Å²) in [4.78, 5) is 9.23. The summed E-state index contributed by atoms with van der Waals surface area (Å²) >= 11 is 9.07. The molecule has 2 aromatic carbocycles. The molecule has 1 N–H and O–H groups in total. The van der Waals surface area contributed by atoms with E-state index >= 15 is 0 Å². The van der Waals surface area contributed by atoms with Crippen molar-refractivity contribution in [2.45, 2.75) is 29.7 Å². The van der Waals surface area contributed by atoms with E-state index in [9.17, 15) is 0 Å². The van der Waals surface area contributed by atoms with E-state index in [1.54, 1.807) is 23.5 Å². The molecular weight excluding hydrogens is 444 g/mol. The van der Waals surface area contributed by atoms with E-state index in [1.807, 2.05) is 12.1 Å². The highest BCUT2D eigenvalue weighted by Crippen LogP contribution is 2.37. The molecule has 0 bridgehead atoms. The molecule has 31 heavy (non-hydrogen) atoms. The molecular formula is C23H24N4OS3. The molecule has 0 spiro atoms. The van der Waals surface area contributed by atoms with Gasteiger partial charge in [-0.05, 0) is 80.5 Å². The molecule has 0 radical (unpaired) electrons. The zero-order valence-corrected chi connectivity index (χ0v) is 20.3. The maximum atomic E-state index is 5.77. The normalized spacial score (nSPS) is 16.6. The SMILES string of the molecule is CCN1C(=S)NC(c2ccc(SC)cc2)C(c2nc(-c3ccc(SC)cc3)no2)=C1C. The molecule has 4 rings (SSSR count).